The Hall–Kier alpha value is -3.76. The van der Waals surface area contributed by atoms with Crippen molar-refractivity contribution in [2.75, 3.05) is 6.61 Å². The van der Waals surface area contributed by atoms with Gasteiger partial charge in [0, 0.05) is 23.4 Å². The van der Waals surface area contributed by atoms with Crippen LogP contribution in [0.15, 0.2) is 53.2 Å². The molecule has 0 aliphatic carbocycles. The molecule has 0 spiro atoms. The third-order valence-corrected chi connectivity index (χ3v) is 6.30. The number of para-hydroxylation sites is 1. The molecule has 1 aliphatic heterocycles. The van der Waals surface area contributed by atoms with Crippen molar-refractivity contribution in [3.63, 3.8) is 0 Å². The molecule has 1 fully saturated rings. The Kier molecular flexibility index (Phi) is 4.40. The van der Waals surface area contributed by atoms with Gasteiger partial charge in [-0.25, -0.2) is 9.83 Å². The Labute approximate surface area is 184 Å². The predicted molar refractivity (Wildman–Crippen MR) is 122 cm³/mol. The lowest BCUT2D eigenvalue weighted by molar-refractivity contribution is 0.00630. The minimum Gasteiger partial charge on any atom is -0.378 e. The molecule has 32 heavy (non-hydrogen) atoms. The van der Waals surface area contributed by atoms with E-state index in [-0.39, 0.29) is 12.1 Å². The first kappa shape index (κ1) is 19.0. The van der Waals surface area contributed by atoms with E-state index in [0.717, 1.165) is 57.3 Å². The van der Waals surface area contributed by atoms with E-state index in [1.165, 1.54) is 0 Å². The van der Waals surface area contributed by atoms with Crippen molar-refractivity contribution in [3.8, 4) is 0 Å². The Balaban J connectivity index is 1.59. The number of ether oxygens (including phenoxy) is 1. The summed E-state index contributed by atoms with van der Waals surface area (Å²) in [5.41, 5.74) is 4.98. The highest BCUT2D eigenvalue weighted by Gasteiger charge is 2.27. The molecule has 0 bridgehead atoms. The summed E-state index contributed by atoms with van der Waals surface area (Å²) in [6.07, 6.45) is 4.39. The molecule has 2 atom stereocenters. The van der Waals surface area contributed by atoms with Gasteiger partial charge in [0.15, 0.2) is 11.3 Å². The van der Waals surface area contributed by atoms with Crippen molar-refractivity contribution in [2.45, 2.75) is 38.3 Å². The van der Waals surface area contributed by atoms with E-state index in [4.69, 9.17) is 20.8 Å². The first-order chi connectivity index (χ1) is 15.7. The summed E-state index contributed by atoms with van der Waals surface area (Å²) in [7, 11) is 0. The average Bonchev–Trinajstić information content (AvgIpc) is 3.40. The highest BCUT2D eigenvalue weighted by molar-refractivity contribution is 6.03. The summed E-state index contributed by atoms with van der Waals surface area (Å²) >= 11 is 0. The van der Waals surface area contributed by atoms with Gasteiger partial charge >= 0.3 is 0 Å². The Morgan fingerprint density at radius 3 is 2.94 bits per heavy atom. The Morgan fingerprint density at radius 1 is 1.16 bits per heavy atom. The van der Waals surface area contributed by atoms with Gasteiger partial charge in [0.25, 0.3) is 0 Å². The average molecular weight is 423 g/mol. The van der Waals surface area contributed by atoms with Crippen LogP contribution in [-0.4, -0.2) is 32.4 Å². The summed E-state index contributed by atoms with van der Waals surface area (Å²) in [4.78, 5) is 13.2. The van der Waals surface area contributed by atoms with Crippen molar-refractivity contribution in [2.24, 2.45) is 0 Å². The summed E-state index contributed by atoms with van der Waals surface area (Å²) < 4.78 is 13.7. The number of rotatable bonds is 3. The second-order valence-corrected chi connectivity index (χ2v) is 8.37. The maximum Gasteiger partial charge on any atom is 0.188 e. The molecule has 7 heteroatoms. The monoisotopic (exact) mass is 423 g/mol. The molecular formula is C25H21N5O2. The molecule has 6 rings (SSSR count). The number of hydrogen-bond donors (Lipinski definition) is 0. The van der Waals surface area contributed by atoms with Crippen molar-refractivity contribution in [1.29, 1.82) is 0 Å². The molecule has 7 nitrogen and oxygen atoms in total. The fraction of sp³-hybridized carbons (Fsp3) is 0.280. The van der Waals surface area contributed by atoms with Crippen molar-refractivity contribution >= 4 is 38.6 Å². The maximum absolute atomic E-state index is 7.46. The van der Waals surface area contributed by atoms with Crippen molar-refractivity contribution in [3.05, 3.63) is 71.6 Å². The van der Waals surface area contributed by atoms with Crippen LogP contribution in [0.5, 0.6) is 0 Å². The van der Waals surface area contributed by atoms with E-state index in [1.807, 2.05) is 48.7 Å². The molecule has 1 saturated heterocycles. The molecule has 158 valence electrons. The number of nitrogens with zero attached hydrogens (tertiary/aromatic N) is 5. The third kappa shape index (κ3) is 3.03. The molecule has 5 aromatic rings. The lowest BCUT2D eigenvalue weighted by Crippen LogP contribution is -2.26. The van der Waals surface area contributed by atoms with Crippen LogP contribution in [0, 0.1) is 6.57 Å². The normalized spacial score (nSPS) is 19.0. The zero-order chi connectivity index (χ0) is 21.7. The molecule has 0 amide bonds. The molecule has 3 aromatic heterocycles. The first-order valence-corrected chi connectivity index (χ1v) is 10.8. The van der Waals surface area contributed by atoms with Gasteiger partial charge in [-0.1, -0.05) is 23.4 Å². The van der Waals surface area contributed by atoms with Gasteiger partial charge in [0.2, 0.25) is 0 Å². The summed E-state index contributed by atoms with van der Waals surface area (Å²) in [5, 5.41) is 6.30. The zero-order valence-corrected chi connectivity index (χ0v) is 17.7. The second-order valence-electron chi connectivity index (χ2n) is 8.37. The molecule has 0 radical (unpaired) electrons. The Morgan fingerprint density at radius 2 is 2.06 bits per heavy atom. The smallest absolute Gasteiger partial charge is 0.188 e. The predicted octanol–water partition coefficient (Wildman–Crippen LogP) is 5.61. The summed E-state index contributed by atoms with van der Waals surface area (Å²) in [6, 6.07) is 13.8. The van der Waals surface area contributed by atoms with E-state index in [1.54, 1.807) is 0 Å². The first-order valence-electron chi connectivity index (χ1n) is 10.8. The topological polar surface area (TPSA) is 70.3 Å². The van der Waals surface area contributed by atoms with Crippen molar-refractivity contribution in [1.82, 2.24) is 19.7 Å². The van der Waals surface area contributed by atoms with Gasteiger partial charge in [0.05, 0.1) is 42.0 Å². The van der Waals surface area contributed by atoms with Crippen LogP contribution in [0.4, 0.5) is 5.69 Å². The molecule has 1 aliphatic rings. The fourth-order valence-electron chi connectivity index (χ4n) is 4.82. The zero-order valence-electron chi connectivity index (χ0n) is 17.7. The molecule has 0 saturated carbocycles. The quantitative estimate of drug-likeness (QED) is 0.353. The van der Waals surface area contributed by atoms with Gasteiger partial charge in [-0.05, 0) is 44.0 Å². The maximum atomic E-state index is 7.46. The molecule has 0 unspecified atom stereocenters. The van der Waals surface area contributed by atoms with Gasteiger partial charge in [-0.15, -0.1) is 0 Å². The summed E-state index contributed by atoms with van der Waals surface area (Å²) in [6.45, 7) is 10.3. The van der Waals surface area contributed by atoms with Gasteiger partial charge in [-0.3, -0.25) is 4.98 Å². The highest BCUT2D eigenvalue weighted by Crippen LogP contribution is 2.35. The third-order valence-electron chi connectivity index (χ3n) is 6.30. The van der Waals surface area contributed by atoms with Crippen LogP contribution >= 0.6 is 0 Å². The lowest BCUT2D eigenvalue weighted by Gasteiger charge is -2.30. The minimum atomic E-state index is 0.179. The molecule has 2 aromatic carbocycles. The van der Waals surface area contributed by atoms with E-state index >= 15 is 0 Å². The second kappa shape index (κ2) is 7.43. The SMILES string of the molecule is [C-]#[N+]c1ccc2ncc3nc(Cc4noc5ccccc45)n([C@@H]4CCO[C@H](C)C4)c3c2c1. The van der Waals surface area contributed by atoms with E-state index < -0.39 is 0 Å². The van der Waals surface area contributed by atoms with Crippen LogP contribution < -0.4 is 0 Å². The number of aromatic nitrogens is 4. The van der Waals surface area contributed by atoms with Gasteiger partial charge < -0.3 is 13.8 Å². The van der Waals surface area contributed by atoms with E-state index in [9.17, 15) is 0 Å². The summed E-state index contributed by atoms with van der Waals surface area (Å²) in [5.74, 6) is 0.931. The van der Waals surface area contributed by atoms with Crippen molar-refractivity contribution < 1.29 is 9.26 Å². The highest BCUT2D eigenvalue weighted by atomic mass is 16.5. The number of benzene rings is 2. The van der Waals surface area contributed by atoms with Crippen LogP contribution in [-0.2, 0) is 11.2 Å². The molecule has 4 heterocycles. The lowest BCUT2D eigenvalue weighted by atomic mass is 10.0. The molecule has 0 N–H and O–H groups in total. The number of pyridine rings is 1. The standard InChI is InChI=1S/C25H21N5O2/c1-15-11-17(9-10-31-15)30-24(13-21-18-5-3-4-6-23(18)32-29-21)28-22-14-27-20-8-7-16(26-2)12-19(20)25(22)30/h3-8,12,14-15,17H,9-11,13H2,1H3/t15-,17-/m1/s1. The van der Waals surface area contributed by atoms with Gasteiger partial charge in [0.1, 0.15) is 11.3 Å². The number of hydrogen-bond acceptors (Lipinski definition) is 5. The van der Waals surface area contributed by atoms with Crippen LogP contribution in [0.2, 0.25) is 0 Å². The fourth-order valence-corrected chi connectivity index (χ4v) is 4.82. The molecular weight excluding hydrogens is 402 g/mol. The van der Waals surface area contributed by atoms with E-state index in [2.05, 4.69) is 26.5 Å². The van der Waals surface area contributed by atoms with Crippen LogP contribution in [0.1, 0.15) is 37.3 Å². The van der Waals surface area contributed by atoms with Crippen LogP contribution in [0.25, 0.3) is 37.8 Å². The Bertz CT molecular complexity index is 1510. The minimum absolute atomic E-state index is 0.179. The van der Waals surface area contributed by atoms with Crippen LogP contribution in [0.3, 0.4) is 0 Å². The van der Waals surface area contributed by atoms with Gasteiger partial charge in [-0.2, -0.15) is 0 Å². The number of fused-ring (bicyclic) bond motifs is 4. The van der Waals surface area contributed by atoms with E-state index in [0.29, 0.717) is 18.7 Å². The number of imidazole rings is 1. The largest absolute Gasteiger partial charge is 0.378 e.